The first-order valence-electron chi connectivity index (χ1n) is 6.57. The third-order valence-corrected chi connectivity index (χ3v) is 3.58. The molecule has 0 atom stereocenters. The van der Waals surface area contributed by atoms with Gasteiger partial charge in [-0.2, -0.15) is 0 Å². The van der Waals surface area contributed by atoms with E-state index in [4.69, 9.17) is 0 Å². The van der Waals surface area contributed by atoms with E-state index in [0.717, 1.165) is 26.2 Å². The van der Waals surface area contributed by atoms with Gasteiger partial charge in [-0.3, -0.25) is 4.79 Å². The molecular weight excluding hydrogens is 202 g/mol. The number of hydrogen-bond donors (Lipinski definition) is 2. The molecule has 0 bridgehead atoms. The molecular formula is C12H23N3O. The maximum absolute atomic E-state index is 11.6. The monoisotopic (exact) mass is 225 g/mol. The fourth-order valence-corrected chi connectivity index (χ4v) is 2.32. The highest BCUT2D eigenvalue weighted by Crippen LogP contribution is 2.08. The van der Waals surface area contributed by atoms with E-state index in [1.165, 1.54) is 38.8 Å². The molecule has 0 saturated carbocycles. The summed E-state index contributed by atoms with van der Waals surface area (Å²) in [5.74, 6) is 0.456. The van der Waals surface area contributed by atoms with Crippen molar-refractivity contribution < 1.29 is 4.79 Å². The quantitative estimate of drug-likeness (QED) is 0.718. The summed E-state index contributed by atoms with van der Waals surface area (Å²) in [6, 6.07) is 0. The molecule has 2 aliphatic rings. The van der Waals surface area contributed by atoms with E-state index in [1.54, 1.807) is 0 Å². The van der Waals surface area contributed by atoms with Crippen molar-refractivity contribution in [1.29, 1.82) is 0 Å². The molecule has 2 aliphatic heterocycles. The lowest BCUT2D eigenvalue weighted by atomic mass is 10.0. The van der Waals surface area contributed by atoms with E-state index in [1.807, 2.05) is 0 Å². The fraction of sp³-hybridized carbons (Fsp3) is 0.917. The summed E-state index contributed by atoms with van der Waals surface area (Å²) in [4.78, 5) is 14.0. The minimum absolute atomic E-state index is 0.226. The summed E-state index contributed by atoms with van der Waals surface area (Å²) < 4.78 is 0. The Hall–Kier alpha value is -0.610. The topological polar surface area (TPSA) is 44.4 Å². The van der Waals surface area contributed by atoms with E-state index < -0.39 is 0 Å². The van der Waals surface area contributed by atoms with Crippen LogP contribution in [0.5, 0.6) is 0 Å². The van der Waals surface area contributed by atoms with Crippen LogP contribution in [0.1, 0.15) is 25.7 Å². The zero-order chi connectivity index (χ0) is 11.2. The third kappa shape index (κ3) is 3.46. The molecule has 0 aromatic carbocycles. The SMILES string of the molecule is O=C(NCCN1CCCCCC1)C1CNC1. The molecule has 0 unspecified atom stereocenters. The van der Waals surface area contributed by atoms with E-state index in [2.05, 4.69) is 15.5 Å². The lowest BCUT2D eigenvalue weighted by molar-refractivity contribution is -0.126. The molecule has 2 heterocycles. The van der Waals surface area contributed by atoms with Crippen LogP contribution in [0.3, 0.4) is 0 Å². The van der Waals surface area contributed by atoms with Gasteiger partial charge in [-0.15, -0.1) is 0 Å². The molecule has 2 N–H and O–H groups in total. The number of carbonyl (C=O) groups is 1. The molecule has 0 aromatic rings. The summed E-state index contributed by atoms with van der Waals surface area (Å²) in [7, 11) is 0. The third-order valence-electron chi connectivity index (χ3n) is 3.58. The van der Waals surface area contributed by atoms with Crippen molar-refractivity contribution in [1.82, 2.24) is 15.5 Å². The Morgan fingerprint density at radius 2 is 1.88 bits per heavy atom. The van der Waals surface area contributed by atoms with Crippen LogP contribution in [0.2, 0.25) is 0 Å². The van der Waals surface area contributed by atoms with Crippen LogP contribution >= 0.6 is 0 Å². The van der Waals surface area contributed by atoms with Gasteiger partial charge in [-0.25, -0.2) is 0 Å². The van der Waals surface area contributed by atoms with Crippen molar-refractivity contribution in [2.24, 2.45) is 5.92 Å². The number of hydrogen-bond acceptors (Lipinski definition) is 3. The second kappa shape index (κ2) is 6.21. The van der Waals surface area contributed by atoms with Crippen LogP contribution in [0.15, 0.2) is 0 Å². The molecule has 4 heteroatoms. The highest BCUT2D eigenvalue weighted by Gasteiger charge is 2.24. The molecule has 1 amide bonds. The first-order valence-corrected chi connectivity index (χ1v) is 6.57. The average Bonchev–Trinajstić information content (AvgIpc) is 2.43. The van der Waals surface area contributed by atoms with Crippen LogP contribution < -0.4 is 10.6 Å². The van der Waals surface area contributed by atoms with Gasteiger partial charge in [0.1, 0.15) is 0 Å². The number of nitrogens with zero attached hydrogens (tertiary/aromatic N) is 1. The highest BCUT2D eigenvalue weighted by molar-refractivity contribution is 5.79. The van der Waals surface area contributed by atoms with Crippen molar-refractivity contribution >= 4 is 5.91 Å². The molecule has 2 fully saturated rings. The Bertz CT molecular complexity index is 220. The van der Waals surface area contributed by atoms with Gasteiger partial charge in [0.15, 0.2) is 0 Å². The highest BCUT2D eigenvalue weighted by atomic mass is 16.2. The van der Waals surface area contributed by atoms with Crippen molar-refractivity contribution in [2.75, 3.05) is 39.3 Å². The Balaban J connectivity index is 1.57. The molecule has 0 aliphatic carbocycles. The van der Waals surface area contributed by atoms with Crippen LogP contribution in [0.25, 0.3) is 0 Å². The number of rotatable bonds is 4. The molecule has 0 spiro atoms. The van der Waals surface area contributed by atoms with E-state index >= 15 is 0 Å². The van der Waals surface area contributed by atoms with Crippen LogP contribution in [-0.4, -0.2) is 50.1 Å². The van der Waals surface area contributed by atoms with Gasteiger partial charge in [-0.05, 0) is 25.9 Å². The average molecular weight is 225 g/mol. The minimum Gasteiger partial charge on any atom is -0.354 e. The summed E-state index contributed by atoms with van der Waals surface area (Å²) in [6.45, 7) is 5.97. The van der Waals surface area contributed by atoms with Gasteiger partial charge in [0, 0.05) is 26.2 Å². The maximum atomic E-state index is 11.6. The molecule has 4 nitrogen and oxygen atoms in total. The first kappa shape index (κ1) is 11.9. The Morgan fingerprint density at radius 3 is 2.44 bits per heavy atom. The minimum atomic E-state index is 0.226. The van der Waals surface area contributed by atoms with E-state index in [0.29, 0.717) is 0 Å². The maximum Gasteiger partial charge on any atom is 0.225 e. The molecule has 2 rings (SSSR count). The van der Waals surface area contributed by atoms with Crippen molar-refractivity contribution in [3.05, 3.63) is 0 Å². The second-order valence-electron chi connectivity index (χ2n) is 4.90. The van der Waals surface area contributed by atoms with Gasteiger partial charge in [0.25, 0.3) is 0 Å². The lowest BCUT2D eigenvalue weighted by Crippen LogP contribution is -2.51. The smallest absolute Gasteiger partial charge is 0.225 e. The van der Waals surface area contributed by atoms with Gasteiger partial charge in [-0.1, -0.05) is 12.8 Å². The fourth-order valence-electron chi connectivity index (χ4n) is 2.32. The molecule has 16 heavy (non-hydrogen) atoms. The molecule has 2 saturated heterocycles. The number of nitrogens with one attached hydrogen (secondary N) is 2. The zero-order valence-corrected chi connectivity index (χ0v) is 10.0. The van der Waals surface area contributed by atoms with E-state index in [9.17, 15) is 4.79 Å². The Kier molecular flexibility index (Phi) is 4.60. The molecule has 0 aromatic heterocycles. The largest absolute Gasteiger partial charge is 0.354 e. The van der Waals surface area contributed by atoms with Crippen molar-refractivity contribution in [3.8, 4) is 0 Å². The van der Waals surface area contributed by atoms with Crippen molar-refractivity contribution in [3.63, 3.8) is 0 Å². The predicted molar refractivity (Wildman–Crippen MR) is 64.3 cm³/mol. The second-order valence-corrected chi connectivity index (χ2v) is 4.90. The standard InChI is InChI=1S/C12H23N3O/c16-12(11-9-13-10-11)14-5-8-15-6-3-1-2-4-7-15/h11,13H,1-10H2,(H,14,16). The number of amides is 1. The van der Waals surface area contributed by atoms with Crippen LogP contribution in [0.4, 0.5) is 0 Å². The zero-order valence-electron chi connectivity index (χ0n) is 10.0. The summed E-state index contributed by atoms with van der Waals surface area (Å²) in [5.41, 5.74) is 0. The van der Waals surface area contributed by atoms with E-state index in [-0.39, 0.29) is 11.8 Å². The lowest BCUT2D eigenvalue weighted by Gasteiger charge is -2.26. The summed E-state index contributed by atoms with van der Waals surface area (Å²) in [5, 5.41) is 6.15. The van der Waals surface area contributed by atoms with Gasteiger partial charge >= 0.3 is 0 Å². The number of carbonyl (C=O) groups excluding carboxylic acids is 1. The molecule has 92 valence electrons. The van der Waals surface area contributed by atoms with Gasteiger partial charge in [0.2, 0.25) is 5.91 Å². The first-order chi connectivity index (χ1) is 7.86. The van der Waals surface area contributed by atoms with Crippen molar-refractivity contribution in [2.45, 2.75) is 25.7 Å². The molecule has 0 radical (unpaired) electrons. The summed E-state index contributed by atoms with van der Waals surface area (Å²) >= 11 is 0. The normalized spacial score (nSPS) is 23.5. The van der Waals surface area contributed by atoms with Crippen LogP contribution in [0, 0.1) is 5.92 Å². The van der Waals surface area contributed by atoms with Crippen LogP contribution in [-0.2, 0) is 4.79 Å². The Labute approximate surface area is 97.8 Å². The van der Waals surface area contributed by atoms with Gasteiger partial charge < -0.3 is 15.5 Å². The summed E-state index contributed by atoms with van der Waals surface area (Å²) in [6.07, 6.45) is 5.38. The predicted octanol–water partition coefficient (Wildman–Crippen LogP) is 0.198. The Morgan fingerprint density at radius 1 is 1.19 bits per heavy atom. The van der Waals surface area contributed by atoms with Gasteiger partial charge in [0.05, 0.1) is 5.92 Å². The number of likely N-dealkylation sites (tertiary alicyclic amines) is 1.